The minimum Gasteiger partial charge on any atom is -0.361 e. The molecule has 3 aliphatic carbocycles. The van der Waals surface area contributed by atoms with Crippen LogP contribution in [-0.2, 0) is 10.1 Å². The quantitative estimate of drug-likeness (QED) is 0.806. The van der Waals surface area contributed by atoms with Crippen LogP contribution in [0.1, 0.15) is 48.6 Å². The number of nitrogens with one attached hydrogen (secondary N) is 1. The maximum atomic E-state index is 13.5. The number of aromatic nitrogens is 1. The van der Waals surface area contributed by atoms with Crippen LogP contribution >= 0.6 is 0 Å². The van der Waals surface area contributed by atoms with Crippen molar-refractivity contribution in [1.29, 1.82) is 0 Å². The molecule has 0 amide bonds. The highest BCUT2D eigenvalue weighted by Gasteiger charge is 2.38. The van der Waals surface area contributed by atoms with Gasteiger partial charge in [0.1, 0.15) is 0 Å². The van der Waals surface area contributed by atoms with Gasteiger partial charge in [0.15, 0.2) is 11.6 Å². The molecule has 2 aromatic rings. The molecule has 1 saturated carbocycles. The molecule has 1 aromatic heterocycles. The minimum absolute atomic E-state index is 0.132. The number of nitrogens with zero attached hydrogens (tertiary/aromatic N) is 1. The molecular weight excluding hydrogens is 362 g/mol. The van der Waals surface area contributed by atoms with E-state index in [0.717, 1.165) is 55.2 Å². The van der Waals surface area contributed by atoms with Crippen molar-refractivity contribution < 1.29 is 21.4 Å². The highest BCUT2D eigenvalue weighted by Crippen LogP contribution is 2.54. The van der Waals surface area contributed by atoms with E-state index < -0.39 is 21.8 Å². The predicted octanol–water partition coefficient (Wildman–Crippen LogP) is 4.20. The zero-order valence-electron chi connectivity index (χ0n) is 14.1. The van der Waals surface area contributed by atoms with Gasteiger partial charge < -0.3 is 9.50 Å². The summed E-state index contributed by atoms with van der Waals surface area (Å²) in [5.74, 6) is -1.24. The topological polar surface area (TPSA) is 68.3 Å². The first-order chi connectivity index (χ1) is 12.3. The van der Waals surface area contributed by atoms with E-state index in [1.165, 1.54) is 12.3 Å². The fourth-order valence-electron chi connectivity index (χ4n) is 4.07. The molecule has 1 heterocycles. The summed E-state index contributed by atoms with van der Waals surface area (Å²) in [6, 6.07) is 3.60. The molecule has 3 aliphatic rings. The number of rotatable bonds is 4. The van der Waals surface area contributed by atoms with E-state index in [1.54, 1.807) is 0 Å². The molecule has 0 aliphatic heterocycles. The maximum Gasteiger partial charge on any atom is 0.307 e. The van der Waals surface area contributed by atoms with Crippen molar-refractivity contribution in [3.63, 3.8) is 0 Å². The van der Waals surface area contributed by atoms with Crippen molar-refractivity contribution in [2.75, 3.05) is 11.6 Å². The SMILES string of the molecule is CS(=O)(=O)Oc1ncc(Nc2ccc(F)c(F)c2)c2c1C1CCC2CC1. The van der Waals surface area contributed by atoms with Crippen molar-refractivity contribution in [1.82, 2.24) is 4.98 Å². The van der Waals surface area contributed by atoms with Gasteiger partial charge in [0.25, 0.3) is 0 Å². The second kappa shape index (κ2) is 6.19. The molecule has 1 N–H and O–H groups in total. The van der Waals surface area contributed by atoms with Crippen LogP contribution in [0.3, 0.4) is 0 Å². The number of hydrogen-bond acceptors (Lipinski definition) is 5. The zero-order valence-corrected chi connectivity index (χ0v) is 14.9. The lowest BCUT2D eigenvalue weighted by atomic mass is 9.67. The number of anilines is 2. The Hall–Kier alpha value is -2.22. The van der Waals surface area contributed by atoms with Crippen LogP contribution in [-0.4, -0.2) is 19.7 Å². The standard InChI is InChI=1S/C18H18F2N2O3S/c1-26(23,24)25-18-17-11-4-2-10(3-5-11)16(17)15(9-21-18)22-12-6-7-13(19)14(20)8-12/h6-11,22H,2-5H2,1H3. The first-order valence-corrected chi connectivity index (χ1v) is 10.3. The first-order valence-electron chi connectivity index (χ1n) is 8.46. The van der Waals surface area contributed by atoms with Crippen molar-refractivity contribution in [2.24, 2.45) is 0 Å². The molecule has 1 aromatic carbocycles. The summed E-state index contributed by atoms with van der Waals surface area (Å²) in [6.45, 7) is 0. The van der Waals surface area contributed by atoms with Gasteiger partial charge in [-0.05, 0) is 55.2 Å². The highest BCUT2D eigenvalue weighted by molar-refractivity contribution is 7.86. The van der Waals surface area contributed by atoms with E-state index in [9.17, 15) is 17.2 Å². The normalized spacial score (nSPS) is 21.3. The Bertz CT molecular complexity index is 971. The largest absolute Gasteiger partial charge is 0.361 e. The monoisotopic (exact) mass is 380 g/mol. The van der Waals surface area contributed by atoms with Crippen LogP contribution in [0.4, 0.5) is 20.2 Å². The molecule has 0 unspecified atom stereocenters. The second-order valence-electron chi connectivity index (χ2n) is 6.89. The number of fused-ring (bicyclic) bond motifs is 2. The van der Waals surface area contributed by atoms with Gasteiger partial charge in [-0.3, -0.25) is 0 Å². The lowest BCUT2D eigenvalue weighted by Crippen LogP contribution is -2.25. The van der Waals surface area contributed by atoms with Gasteiger partial charge in [-0.2, -0.15) is 8.42 Å². The summed E-state index contributed by atoms with van der Waals surface area (Å²) < 4.78 is 54.9. The number of benzene rings is 1. The fraction of sp³-hybridized carbons (Fsp3) is 0.389. The number of hydrogen-bond donors (Lipinski definition) is 1. The average molecular weight is 380 g/mol. The van der Waals surface area contributed by atoms with Crippen molar-refractivity contribution >= 4 is 21.5 Å². The van der Waals surface area contributed by atoms with Gasteiger partial charge in [0, 0.05) is 17.3 Å². The van der Waals surface area contributed by atoms with Gasteiger partial charge in [-0.1, -0.05) is 0 Å². The van der Waals surface area contributed by atoms with Gasteiger partial charge in [0.2, 0.25) is 5.88 Å². The van der Waals surface area contributed by atoms with Crippen molar-refractivity contribution in [3.8, 4) is 5.88 Å². The molecule has 138 valence electrons. The molecular formula is C18H18F2N2O3S. The van der Waals surface area contributed by atoms with Crippen LogP contribution in [0.2, 0.25) is 0 Å². The fourth-order valence-corrected chi connectivity index (χ4v) is 4.49. The Morgan fingerprint density at radius 1 is 1.08 bits per heavy atom. The highest BCUT2D eigenvalue weighted by atomic mass is 32.2. The van der Waals surface area contributed by atoms with Crippen LogP contribution in [0.25, 0.3) is 0 Å². The maximum absolute atomic E-state index is 13.5. The molecule has 0 radical (unpaired) electrons. The Morgan fingerprint density at radius 3 is 2.35 bits per heavy atom. The molecule has 0 atom stereocenters. The van der Waals surface area contributed by atoms with E-state index in [0.29, 0.717) is 11.4 Å². The molecule has 5 rings (SSSR count). The molecule has 26 heavy (non-hydrogen) atoms. The second-order valence-corrected chi connectivity index (χ2v) is 8.47. The lowest BCUT2D eigenvalue weighted by Gasteiger charge is -2.39. The summed E-state index contributed by atoms with van der Waals surface area (Å²) >= 11 is 0. The van der Waals surface area contributed by atoms with Crippen molar-refractivity contribution in [3.05, 3.63) is 47.2 Å². The smallest absolute Gasteiger partial charge is 0.307 e. The minimum atomic E-state index is -3.68. The van der Waals surface area contributed by atoms with Gasteiger partial charge in [-0.15, -0.1) is 0 Å². The molecule has 8 heteroatoms. The average Bonchev–Trinajstić information content (AvgIpc) is 2.60. The zero-order chi connectivity index (χ0) is 18.5. The third kappa shape index (κ3) is 3.13. The van der Waals surface area contributed by atoms with Crippen LogP contribution < -0.4 is 9.50 Å². The Kier molecular flexibility index (Phi) is 4.10. The van der Waals surface area contributed by atoms with Crippen LogP contribution in [0.15, 0.2) is 24.4 Å². The van der Waals surface area contributed by atoms with Crippen LogP contribution in [0.5, 0.6) is 5.88 Å². The first kappa shape index (κ1) is 17.2. The Balaban J connectivity index is 1.79. The van der Waals surface area contributed by atoms with E-state index >= 15 is 0 Å². The Labute approximate surface area is 150 Å². The molecule has 2 bridgehead atoms. The van der Waals surface area contributed by atoms with Crippen LogP contribution in [0, 0.1) is 11.6 Å². The van der Waals surface area contributed by atoms with Crippen molar-refractivity contribution in [2.45, 2.75) is 37.5 Å². The Morgan fingerprint density at radius 2 is 1.73 bits per heavy atom. The molecule has 1 fully saturated rings. The molecule has 5 nitrogen and oxygen atoms in total. The third-order valence-corrected chi connectivity index (χ3v) is 5.55. The molecule has 0 spiro atoms. The summed E-state index contributed by atoms with van der Waals surface area (Å²) in [5.41, 5.74) is 2.89. The summed E-state index contributed by atoms with van der Waals surface area (Å²) in [5, 5.41) is 3.10. The molecule has 0 saturated heterocycles. The summed E-state index contributed by atoms with van der Waals surface area (Å²) in [7, 11) is -3.68. The van der Waals surface area contributed by atoms with Gasteiger partial charge in [0.05, 0.1) is 18.1 Å². The van der Waals surface area contributed by atoms with E-state index in [2.05, 4.69) is 10.3 Å². The van der Waals surface area contributed by atoms with Gasteiger partial charge in [-0.25, -0.2) is 13.8 Å². The number of halogens is 2. The third-order valence-electron chi connectivity index (χ3n) is 5.09. The lowest BCUT2D eigenvalue weighted by molar-refractivity contribution is 0.348. The summed E-state index contributed by atoms with van der Waals surface area (Å²) in [6.07, 6.45) is 6.44. The van der Waals surface area contributed by atoms with Gasteiger partial charge >= 0.3 is 10.1 Å². The predicted molar refractivity (Wildman–Crippen MR) is 93.3 cm³/mol. The van der Waals surface area contributed by atoms with E-state index in [1.807, 2.05) is 0 Å². The number of pyridine rings is 1. The van der Waals surface area contributed by atoms with E-state index in [4.69, 9.17) is 4.18 Å². The van der Waals surface area contributed by atoms with E-state index in [-0.39, 0.29) is 17.7 Å². The summed E-state index contributed by atoms with van der Waals surface area (Å²) in [4.78, 5) is 4.20.